The minimum Gasteiger partial charge on any atom is -0.350 e. The molecule has 222 valence electrons. The molecule has 1 atom stereocenters. The Morgan fingerprint density at radius 2 is 1.84 bits per heavy atom. The molecule has 1 aliphatic heterocycles. The maximum atomic E-state index is 14.9. The van der Waals surface area contributed by atoms with E-state index >= 15 is 0 Å². The van der Waals surface area contributed by atoms with Crippen LogP contribution in [0.1, 0.15) is 19.8 Å². The molecule has 0 spiro atoms. The van der Waals surface area contributed by atoms with Crippen molar-refractivity contribution in [2.24, 2.45) is 0 Å². The number of carbonyl (C=O) groups is 1. The fourth-order valence-electron chi connectivity index (χ4n) is 5.35. The molecular weight excluding hydrogens is 602 g/mol. The third-order valence-corrected chi connectivity index (χ3v) is 10.1. The van der Waals surface area contributed by atoms with Crippen molar-refractivity contribution in [3.05, 3.63) is 82.4 Å². The van der Waals surface area contributed by atoms with E-state index in [0.29, 0.717) is 32.5 Å². The van der Waals surface area contributed by atoms with E-state index in [4.69, 9.17) is 11.6 Å². The molecule has 43 heavy (non-hydrogen) atoms. The van der Waals surface area contributed by atoms with Crippen molar-refractivity contribution < 1.29 is 22.0 Å². The minimum atomic E-state index is -3.90. The summed E-state index contributed by atoms with van der Waals surface area (Å²) < 4.78 is 57.5. The van der Waals surface area contributed by atoms with Gasteiger partial charge in [-0.05, 0) is 56.2 Å². The van der Waals surface area contributed by atoms with Crippen molar-refractivity contribution in [3.8, 4) is 16.9 Å². The Kier molecular flexibility index (Phi) is 7.25. The molecule has 1 aliphatic carbocycles. The quantitative estimate of drug-likeness (QED) is 0.296. The molecule has 10 nitrogen and oxygen atoms in total. The van der Waals surface area contributed by atoms with E-state index in [1.165, 1.54) is 36.5 Å². The number of pyridine rings is 2. The molecule has 0 radical (unpaired) electrons. The summed E-state index contributed by atoms with van der Waals surface area (Å²) in [6.45, 7) is 6.30. The molecule has 1 amide bonds. The van der Waals surface area contributed by atoms with Gasteiger partial charge in [0, 0.05) is 31.9 Å². The van der Waals surface area contributed by atoms with Crippen LogP contribution >= 0.6 is 11.6 Å². The second-order valence-electron chi connectivity index (χ2n) is 10.4. The van der Waals surface area contributed by atoms with Crippen LogP contribution in [0.25, 0.3) is 28.0 Å². The van der Waals surface area contributed by atoms with Crippen LogP contribution < -0.4 is 10.6 Å². The summed E-state index contributed by atoms with van der Waals surface area (Å²) in [4.78, 5) is 42.5. The first-order valence-electron chi connectivity index (χ1n) is 13.5. The summed E-state index contributed by atoms with van der Waals surface area (Å²) in [5.41, 5.74) is -1.87. The van der Waals surface area contributed by atoms with Gasteiger partial charge in [0.25, 0.3) is 0 Å². The zero-order chi connectivity index (χ0) is 30.6. The highest BCUT2D eigenvalue weighted by Crippen LogP contribution is 2.38. The molecule has 2 aliphatic rings. The number of fused-ring (bicyclic) bond motifs is 1. The Bertz CT molecular complexity index is 1960. The maximum absolute atomic E-state index is 14.9. The zero-order valence-corrected chi connectivity index (χ0v) is 24.4. The number of anilines is 1. The maximum Gasteiger partial charge on any atom is 0.355 e. The summed E-state index contributed by atoms with van der Waals surface area (Å²) in [6, 6.07) is 7.28. The summed E-state index contributed by atoms with van der Waals surface area (Å²) in [6.07, 6.45) is 3.47. The van der Waals surface area contributed by atoms with Crippen molar-refractivity contribution in [2.75, 3.05) is 24.5 Å². The van der Waals surface area contributed by atoms with E-state index in [2.05, 4.69) is 21.5 Å². The van der Waals surface area contributed by atoms with E-state index in [0.717, 1.165) is 16.7 Å². The number of nitrogens with zero attached hydrogens (tertiary/aromatic N) is 6. The van der Waals surface area contributed by atoms with Crippen LogP contribution in [0, 0.1) is 11.6 Å². The highest BCUT2D eigenvalue weighted by molar-refractivity contribution is 7.92. The third kappa shape index (κ3) is 4.95. The Labute approximate surface area is 250 Å². The highest BCUT2D eigenvalue weighted by atomic mass is 35.5. The predicted octanol–water partition coefficient (Wildman–Crippen LogP) is 3.93. The number of aromatic nitrogens is 4. The van der Waals surface area contributed by atoms with Gasteiger partial charge in [0.05, 0.1) is 32.6 Å². The summed E-state index contributed by atoms with van der Waals surface area (Å²) in [5.74, 6) is -1.90. The lowest BCUT2D eigenvalue weighted by Crippen LogP contribution is -2.54. The average Bonchev–Trinajstić information content (AvgIpc) is 3.84. The first-order chi connectivity index (χ1) is 20.5. The van der Waals surface area contributed by atoms with Crippen LogP contribution in [-0.4, -0.2) is 69.7 Å². The zero-order valence-electron chi connectivity index (χ0n) is 22.9. The Hall–Kier alpha value is -4.23. The number of rotatable bonds is 6. The molecule has 2 fully saturated rings. The van der Waals surface area contributed by atoms with Gasteiger partial charge >= 0.3 is 5.69 Å². The molecule has 1 saturated heterocycles. The molecule has 6 rings (SSSR count). The Balaban J connectivity index is 1.64. The number of benzene rings is 1. The van der Waals surface area contributed by atoms with E-state index in [9.17, 15) is 26.8 Å². The van der Waals surface area contributed by atoms with Gasteiger partial charge in [-0.2, -0.15) is 4.98 Å². The smallest absolute Gasteiger partial charge is 0.350 e. The van der Waals surface area contributed by atoms with Crippen molar-refractivity contribution in [1.82, 2.24) is 24.4 Å². The van der Waals surface area contributed by atoms with Gasteiger partial charge in [-0.25, -0.2) is 36.5 Å². The third-order valence-electron chi connectivity index (χ3n) is 7.61. The van der Waals surface area contributed by atoms with Crippen molar-refractivity contribution in [2.45, 2.75) is 36.1 Å². The lowest BCUT2D eigenvalue weighted by Gasteiger charge is -2.40. The van der Waals surface area contributed by atoms with Crippen LogP contribution in [0.15, 0.2) is 65.1 Å². The van der Waals surface area contributed by atoms with Crippen molar-refractivity contribution >= 4 is 44.2 Å². The van der Waals surface area contributed by atoms with Gasteiger partial charge in [-0.1, -0.05) is 24.2 Å². The molecule has 3 aromatic heterocycles. The molecule has 4 heterocycles. The SMILES string of the molecule is C=CC(=O)N1CCN(c2nc(=O)n(-c3cccnc3S(=O)(=O)C3CC3)c3nc(-c4c(F)cccc4F)c(Cl)cc23)[C@@H](C)C1. The first kappa shape index (κ1) is 28.9. The number of hydrogen-bond donors (Lipinski definition) is 0. The topological polar surface area (TPSA) is 118 Å². The number of carbonyl (C=O) groups excluding carboxylic acids is 1. The van der Waals surface area contributed by atoms with Crippen molar-refractivity contribution in [1.29, 1.82) is 0 Å². The average molecular weight is 627 g/mol. The van der Waals surface area contributed by atoms with Gasteiger partial charge in [0.2, 0.25) is 15.7 Å². The monoisotopic (exact) mass is 626 g/mol. The lowest BCUT2D eigenvalue weighted by molar-refractivity contribution is -0.126. The largest absolute Gasteiger partial charge is 0.355 e. The van der Waals surface area contributed by atoms with Gasteiger partial charge in [-0.3, -0.25) is 4.79 Å². The predicted molar refractivity (Wildman–Crippen MR) is 157 cm³/mol. The van der Waals surface area contributed by atoms with Crippen LogP contribution in [-0.2, 0) is 14.6 Å². The Morgan fingerprint density at radius 1 is 1.12 bits per heavy atom. The first-order valence-corrected chi connectivity index (χ1v) is 15.4. The second-order valence-corrected chi connectivity index (χ2v) is 13.0. The normalized spacial score (nSPS) is 17.3. The van der Waals surface area contributed by atoms with Gasteiger partial charge in [0.15, 0.2) is 10.7 Å². The molecule has 0 bridgehead atoms. The standard InChI is InChI=1S/C29H25ClF2N6O4S/c1-3-23(39)36-12-13-37(16(2)15-36)26-18-14-19(30)25(24-20(31)6-4-7-21(24)32)34-27(18)38(29(40)35-26)22-8-5-11-33-28(22)43(41,42)17-9-10-17/h3-8,11,14,16-17H,1,9-10,12-13,15H2,2H3/t16-/m0/s1. The summed E-state index contributed by atoms with van der Waals surface area (Å²) in [7, 11) is -3.90. The molecule has 14 heteroatoms. The highest BCUT2D eigenvalue weighted by Gasteiger charge is 2.40. The number of hydrogen-bond acceptors (Lipinski definition) is 8. The van der Waals surface area contributed by atoms with E-state index in [1.54, 1.807) is 4.90 Å². The molecule has 0 unspecified atom stereocenters. The molecule has 0 N–H and O–H groups in total. The van der Waals surface area contributed by atoms with Gasteiger partial charge in [-0.15, -0.1) is 0 Å². The number of piperazine rings is 1. The van der Waals surface area contributed by atoms with Gasteiger partial charge < -0.3 is 9.80 Å². The Morgan fingerprint density at radius 3 is 2.49 bits per heavy atom. The molecule has 1 saturated carbocycles. The summed E-state index contributed by atoms with van der Waals surface area (Å²) >= 11 is 6.60. The fourth-order valence-corrected chi connectivity index (χ4v) is 7.33. The van der Waals surface area contributed by atoms with Gasteiger partial charge in [0.1, 0.15) is 17.5 Å². The number of sulfone groups is 1. The number of amides is 1. The van der Waals surface area contributed by atoms with E-state index in [-0.39, 0.29) is 50.2 Å². The fraction of sp³-hybridized carbons (Fsp3) is 0.276. The summed E-state index contributed by atoms with van der Waals surface area (Å²) in [5, 5.41) is -0.832. The van der Waals surface area contributed by atoms with Crippen molar-refractivity contribution in [3.63, 3.8) is 0 Å². The van der Waals surface area contributed by atoms with Crippen LogP contribution in [0.4, 0.5) is 14.6 Å². The molecular formula is C29H25ClF2N6O4S. The van der Waals surface area contributed by atoms with Crippen LogP contribution in [0.5, 0.6) is 0 Å². The van der Waals surface area contributed by atoms with E-state index in [1.807, 2.05) is 11.8 Å². The lowest BCUT2D eigenvalue weighted by atomic mass is 10.1. The minimum absolute atomic E-state index is 0.0901. The van der Waals surface area contributed by atoms with E-state index < -0.39 is 38.0 Å². The molecule has 1 aromatic carbocycles. The van der Waals surface area contributed by atoms with Crippen LogP contribution in [0.2, 0.25) is 5.02 Å². The number of halogens is 3. The second kappa shape index (κ2) is 10.8. The van der Waals surface area contributed by atoms with Crippen LogP contribution in [0.3, 0.4) is 0 Å². The molecule has 4 aromatic rings.